The van der Waals surface area contributed by atoms with Crippen LogP contribution in [-0.2, 0) is 0 Å². The molecular formula is C60H40N2. The van der Waals surface area contributed by atoms with E-state index in [9.17, 15) is 0 Å². The minimum Gasteiger partial charge on any atom is -0.310 e. The van der Waals surface area contributed by atoms with Crippen molar-refractivity contribution < 1.29 is 0 Å². The van der Waals surface area contributed by atoms with Gasteiger partial charge in [-0.25, -0.2) is 0 Å². The molecule has 0 amide bonds. The molecule has 12 rings (SSSR count). The summed E-state index contributed by atoms with van der Waals surface area (Å²) in [4.78, 5) is 2.42. The largest absolute Gasteiger partial charge is 0.310 e. The zero-order valence-corrected chi connectivity index (χ0v) is 34.0. The first kappa shape index (κ1) is 35.7. The zero-order chi connectivity index (χ0) is 41.0. The van der Waals surface area contributed by atoms with Crippen LogP contribution in [0.5, 0.6) is 0 Å². The molecule has 0 fully saturated rings. The van der Waals surface area contributed by atoms with E-state index in [1.807, 2.05) is 0 Å². The molecule has 0 spiro atoms. The Bertz CT molecular complexity index is 3640. The molecule has 0 saturated heterocycles. The van der Waals surface area contributed by atoms with Gasteiger partial charge in [0.15, 0.2) is 0 Å². The van der Waals surface area contributed by atoms with Crippen LogP contribution in [0, 0.1) is 0 Å². The molecule has 0 bridgehead atoms. The Kier molecular flexibility index (Phi) is 8.53. The fraction of sp³-hybridized carbons (Fsp3) is 0. The molecule has 0 aliphatic carbocycles. The Morgan fingerprint density at radius 3 is 1.76 bits per heavy atom. The predicted octanol–water partition coefficient (Wildman–Crippen LogP) is 16.7. The molecule has 2 heteroatoms. The molecule has 2 nitrogen and oxygen atoms in total. The fourth-order valence-corrected chi connectivity index (χ4v) is 9.62. The first-order valence-electron chi connectivity index (χ1n) is 21.3. The number of hydrogen-bond acceptors (Lipinski definition) is 1. The second kappa shape index (κ2) is 14.8. The topological polar surface area (TPSA) is 8.17 Å². The lowest BCUT2D eigenvalue weighted by atomic mass is 9.94. The highest BCUT2D eigenvalue weighted by atomic mass is 15.1. The van der Waals surface area contributed by atoms with Gasteiger partial charge in [0.05, 0.1) is 16.7 Å². The molecule has 11 aromatic carbocycles. The lowest BCUT2D eigenvalue weighted by Crippen LogP contribution is -2.11. The van der Waals surface area contributed by atoms with E-state index in [2.05, 4.69) is 252 Å². The maximum Gasteiger partial charge on any atom is 0.0547 e. The number of benzene rings is 11. The van der Waals surface area contributed by atoms with Crippen LogP contribution >= 0.6 is 0 Å². The Morgan fingerprint density at radius 1 is 0.290 bits per heavy atom. The van der Waals surface area contributed by atoms with Crippen LogP contribution in [0.3, 0.4) is 0 Å². The maximum absolute atomic E-state index is 2.42. The van der Waals surface area contributed by atoms with Gasteiger partial charge in [-0.3, -0.25) is 0 Å². The van der Waals surface area contributed by atoms with Crippen molar-refractivity contribution in [1.29, 1.82) is 0 Å². The molecule has 1 heterocycles. The number of anilines is 3. The average molecular weight is 789 g/mol. The number of hydrogen-bond donors (Lipinski definition) is 0. The average Bonchev–Trinajstić information content (AvgIpc) is 3.69. The summed E-state index contributed by atoms with van der Waals surface area (Å²) < 4.78 is 2.39. The number of aromatic nitrogens is 1. The second-order valence-corrected chi connectivity index (χ2v) is 16.1. The molecule has 0 N–H and O–H groups in total. The Labute approximate surface area is 360 Å². The van der Waals surface area contributed by atoms with Crippen molar-refractivity contribution >= 4 is 71.2 Å². The standard InChI is InChI=1S/C60H40N2/c1-2-19-49(20-3-1)62-58-26-11-9-23-56(58)60-55(24-13-27-59(60)62)47-18-12-17-46(39-47)54-22-8-10-25-57(54)61(51-36-32-41-14-4-5-16-44(41)40-51)50-34-30-42(31-35-50)45-33-37-53-48(38-45)29-28-43-15-6-7-21-52(43)53/h1-40H. The van der Waals surface area contributed by atoms with E-state index in [-0.39, 0.29) is 0 Å². The van der Waals surface area contributed by atoms with E-state index in [1.165, 1.54) is 76.4 Å². The van der Waals surface area contributed by atoms with Gasteiger partial charge in [0.1, 0.15) is 0 Å². The summed E-state index contributed by atoms with van der Waals surface area (Å²) in [6, 6.07) is 88.5. The lowest BCUT2D eigenvalue weighted by molar-refractivity contribution is 1.18. The van der Waals surface area contributed by atoms with E-state index in [0.29, 0.717) is 0 Å². The van der Waals surface area contributed by atoms with E-state index in [0.717, 1.165) is 33.9 Å². The first-order chi connectivity index (χ1) is 30.7. The molecule has 1 aromatic heterocycles. The second-order valence-electron chi connectivity index (χ2n) is 16.1. The minimum absolute atomic E-state index is 1.10. The van der Waals surface area contributed by atoms with Crippen LogP contribution < -0.4 is 4.90 Å². The Balaban J connectivity index is 0.985. The third-order valence-electron chi connectivity index (χ3n) is 12.5. The third-order valence-corrected chi connectivity index (χ3v) is 12.5. The fourth-order valence-electron chi connectivity index (χ4n) is 9.62. The van der Waals surface area contributed by atoms with Gasteiger partial charge in [-0.2, -0.15) is 0 Å². The van der Waals surface area contributed by atoms with Gasteiger partial charge in [-0.05, 0) is 127 Å². The molecule has 0 unspecified atom stereocenters. The quantitative estimate of drug-likeness (QED) is 0.146. The minimum atomic E-state index is 1.10. The monoisotopic (exact) mass is 788 g/mol. The smallest absolute Gasteiger partial charge is 0.0547 e. The molecule has 0 saturated carbocycles. The summed E-state index contributed by atoms with van der Waals surface area (Å²) in [6.45, 7) is 0. The Hall–Kier alpha value is -8.20. The molecule has 0 aliphatic heterocycles. The zero-order valence-electron chi connectivity index (χ0n) is 34.0. The summed E-state index contributed by atoms with van der Waals surface area (Å²) in [5.74, 6) is 0. The molecular weight excluding hydrogens is 749 g/mol. The van der Waals surface area contributed by atoms with Gasteiger partial charge >= 0.3 is 0 Å². The third kappa shape index (κ3) is 6.04. The van der Waals surface area contributed by atoms with Crippen molar-refractivity contribution in [3.8, 4) is 39.1 Å². The van der Waals surface area contributed by atoms with Gasteiger partial charge < -0.3 is 9.47 Å². The van der Waals surface area contributed by atoms with Crippen molar-refractivity contribution in [3.63, 3.8) is 0 Å². The van der Waals surface area contributed by atoms with Crippen LogP contribution in [0.25, 0.3) is 93.2 Å². The highest BCUT2D eigenvalue weighted by Crippen LogP contribution is 2.44. The first-order valence-corrected chi connectivity index (χ1v) is 21.3. The van der Waals surface area contributed by atoms with E-state index in [1.54, 1.807) is 0 Å². The van der Waals surface area contributed by atoms with E-state index >= 15 is 0 Å². The molecule has 12 aromatic rings. The summed E-state index contributed by atoms with van der Waals surface area (Å²) in [7, 11) is 0. The number of nitrogens with zero attached hydrogens (tertiary/aromatic N) is 2. The molecule has 0 atom stereocenters. The van der Waals surface area contributed by atoms with E-state index in [4.69, 9.17) is 0 Å². The van der Waals surface area contributed by atoms with Gasteiger partial charge in [0, 0.05) is 33.4 Å². The van der Waals surface area contributed by atoms with Gasteiger partial charge in [0.25, 0.3) is 0 Å². The van der Waals surface area contributed by atoms with Crippen LogP contribution in [-0.4, -0.2) is 4.57 Å². The van der Waals surface area contributed by atoms with Gasteiger partial charge in [-0.1, -0.05) is 176 Å². The predicted molar refractivity (Wildman–Crippen MR) is 264 cm³/mol. The normalized spacial score (nSPS) is 11.5. The SMILES string of the molecule is c1ccc(-n2c3ccccc3c3c(-c4cccc(-c5ccccc5N(c5ccc(-c6ccc7c(ccc8ccccc87)c6)cc5)c5ccc6ccccc6c5)c4)cccc32)cc1. The summed E-state index contributed by atoms with van der Waals surface area (Å²) in [5.41, 5.74) is 14.0. The molecule has 290 valence electrons. The highest BCUT2D eigenvalue weighted by molar-refractivity contribution is 6.16. The maximum atomic E-state index is 2.42. The van der Waals surface area contributed by atoms with Crippen LogP contribution in [0.15, 0.2) is 243 Å². The highest BCUT2D eigenvalue weighted by Gasteiger charge is 2.20. The van der Waals surface area contributed by atoms with Crippen molar-refractivity contribution in [2.75, 3.05) is 4.90 Å². The van der Waals surface area contributed by atoms with Crippen molar-refractivity contribution in [2.24, 2.45) is 0 Å². The van der Waals surface area contributed by atoms with Crippen molar-refractivity contribution in [3.05, 3.63) is 243 Å². The van der Waals surface area contributed by atoms with Crippen LogP contribution in [0.4, 0.5) is 17.1 Å². The van der Waals surface area contributed by atoms with Crippen molar-refractivity contribution in [1.82, 2.24) is 4.57 Å². The molecule has 62 heavy (non-hydrogen) atoms. The number of fused-ring (bicyclic) bond motifs is 7. The van der Waals surface area contributed by atoms with Gasteiger partial charge in [0.2, 0.25) is 0 Å². The number of rotatable bonds is 7. The summed E-state index contributed by atoms with van der Waals surface area (Å²) in [5, 5.41) is 10.0. The lowest BCUT2D eigenvalue weighted by Gasteiger charge is -2.28. The van der Waals surface area contributed by atoms with Gasteiger partial charge in [-0.15, -0.1) is 0 Å². The van der Waals surface area contributed by atoms with Crippen LogP contribution in [0.2, 0.25) is 0 Å². The Morgan fingerprint density at radius 2 is 0.887 bits per heavy atom. The summed E-state index contributed by atoms with van der Waals surface area (Å²) in [6.07, 6.45) is 0. The van der Waals surface area contributed by atoms with Crippen LogP contribution in [0.1, 0.15) is 0 Å². The molecule has 0 aliphatic rings. The van der Waals surface area contributed by atoms with Crippen molar-refractivity contribution in [2.45, 2.75) is 0 Å². The summed E-state index contributed by atoms with van der Waals surface area (Å²) >= 11 is 0. The number of para-hydroxylation sites is 3. The van der Waals surface area contributed by atoms with E-state index < -0.39 is 0 Å². The molecule has 0 radical (unpaired) electrons.